The average molecular weight is 124 g/mol. The molecule has 0 fully saturated rings. The van der Waals surface area contributed by atoms with Crippen molar-refractivity contribution in [2.75, 3.05) is 0 Å². The molecular formula is C5H7F3. The highest BCUT2D eigenvalue weighted by molar-refractivity contribution is 5.02. The summed E-state index contributed by atoms with van der Waals surface area (Å²) in [6.45, 7) is 2.41. The largest absolute Gasteiger partial charge is 0.412 e. The van der Waals surface area contributed by atoms with Crippen molar-refractivity contribution in [3.05, 3.63) is 11.6 Å². The van der Waals surface area contributed by atoms with Crippen LogP contribution in [0.2, 0.25) is 0 Å². The first-order valence-electron chi connectivity index (χ1n) is 2.18. The molecule has 0 aromatic rings. The summed E-state index contributed by atoms with van der Waals surface area (Å²) in [5, 5.41) is 0. The van der Waals surface area contributed by atoms with E-state index < -0.39 is 11.7 Å². The molecule has 8 heavy (non-hydrogen) atoms. The van der Waals surface area contributed by atoms with Crippen LogP contribution in [0, 0.1) is 0 Å². The van der Waals surface area contributed by atoms with Gasteiger partial charge in [-0.3, -0.25) is 0 Å². The minimum absolute atomic E-state index is 0.544. The molecule has 0 aromatic heterocycles. The summed E-state index contributed by atoms with van der Waals surface area (Å²) in [4.78, 5) is 0. The molecule has 0 bridgehead atoms. The van der Waals surface area contributed by atoms with E-state index in [2.05, 4.69) is 0 Å². The summed E-state index contributed by atoms with van der Waals surface area (Å²) in [6, 6.07) is 0. The number of halogens is 3. The Morgan fingerprint density at radius 2 is 1.75 bits per heavy atom. The zero-order valence-electron chi connectivity index (χ0n) is 4.71. The molecule has 0 rings (SSSR count). The van der Waals surface area contributed by atoms with Gasteiger partial charge in [-0.05, 0) is 13.8 Å². The molecule has 3 heteroatoms. The van der Waals surface area contributed by atoms with Crippen LogP contribution in [0.25, 0.3) is 0 Å². The topological polar surface area (TPSA) is 0 Å². The van der Waals surface area contributed by atoms with Gasteiger partial charge in [0.05, 0.1) is 0 Å². The molecule has 0 amide bonds. The van der Waals surface area contributed by atoms with E-state index in [9.17, 15) is 13.2 Å². The Hall–Kier alpha value is -0.470. The van der Waals surface area contributed by atoms with Crippen molar-refractivity contribution in [3.8, 4) is 0 Å². The van der Waals surface area contributed by atoms with Crippen LogP contribution in [0.15, 0.2) is 11.6 Å². The molecule has 0 atom stereocenters. The van der Waals surface area contributed by atoms with E-state index in [-0.39, 0.29) is 0 Å². The first-order valence-corrected chi connectivity index (χ1v) is 2.18. The van der Waals surface area contributed by atoms with Crippen molar-refractivity contribution in [3.63, 3.8) is 0 Å². The predicted octanol–water partition coefficient (Wildman–Crippen LogP) is 2.51. The van der Waals surface area contributed by atoms with Gasteiger partial charge in [0, 0.05) is 5.57 Å². The first kappa shape index (κ1) is 7.53. The molecule has 0 unspecified atom stereocenters. The van der Waals surface area contributed by atoms with E-state index in [1.54, 1.807) is 0 Å². The van der Waals surface area contributed by atoms with Gasteiger partial charge >= 0.3 is 6.18 Å². The number of hydrogen-bond donors (Lipinski definition) is 0. The van der Waals surface area contributed by atoms with Crippen LogP contribution in [-0.4, -0.2) is 6.18 Å². The van der Waals surface area contributed by atoms with E-state index in [0.29, 0.717) is 0 Å². The normalized spacial score (nSPS) is 14.4. The maximum Gasteiger partial charge on any atom is 0.412 e. The SMILES string of the molecule is CC=C(C)C(F)(F)F. The van der Waals surface area contributed by atoms with Crippen molar-refractivity contribution < 1.29 is 13.2 Å². The zero-order chi connectivity index (χ0) is 6.78. The monoisotopic (exact) mass is 124 g/mol. The zero-order valence-corrected chi connectivity index (χ0v) is 4.71. The number of hydrogen-bond acceptors (Lipinski definition) is 0. The third-order valence-corrected chi connectivity index (χ3v) is 0.880. The van der Waals surface area contributed by atoms with Gasteiger partial charge in [-0.1, -0.05) is 6.08 Å². The fourth-order valence-corrected chi connectivity index (χ4v) is 0.164. The standard InChI is InChI=1S/C5H7F3/c1-3-4(2)5(6,7)8/h3H,1-2H3. The predicted molar refractivity (Wildman–Crippen MR) is 25.5 cm³/mol. The molecular weight excluding hydrogens is 117 g/mol. The third kappa shape index (κ3) is 2.00. The molecule has 0 saturated carbocycles. The number of rotatable bonds is 0. The molecule has 0 aliphatic carbocycles. The summed E-state index contributed by atoms with van der Waals surface area (Å²) in [7, 11) is 0. The van der Waals surface area contributed by atoms with E-state index in [1.165, 1.54) is 6.92 Å². The maximum absolute atomic E-state index is 11.4. The average Bonchev–Trinajstić information content (AvgIpc) is 1.62. The van der Waals surface area contributed by atoms with Crippen molar-refractivity contribution in [1.82, 2.24) is 0 Å². The van der Waals surface area contributed by atoms with Gasteiger partial charge in [-0.15, -0.1) is 0 Å². The molecule has 0 radical (unpaired) electrons. The van der Waals surface area contributed by atoms with E-state index in [4.69, 9.17) is 0 Å². The van der Waals surface area contributed by atoms with Gasteiger partial charge in [-0.2, -0.15) is 13.2 Å². The second kappa shape index (κ2) is 2.20. The lowest BCUT2D eigenvalue weighted by Gasteiger charge is -2.03. The Morgan fingerprint density at radius 3 is 1.75 bits per heavy atom. The number of alkyl halides is 3. The fraction of sp³-hybridized carbons (Fsp3) is 0.600. The van der Waals surface area contributed by atoms with Crippen LogP contribution in [0.5, 0.6) is 0 Å². The van der Waals surface area contributed by atoms with Crippen molar-refractivity contribution in [2.45, 2.75) is 20.0 Å². The highest BCUT2D eigenvalue weighted by atomic mass is 19.4. The Labute approximate surface area is 46.0 Å². The summed E-state index contributed by atoms with van der Waals surface area (Å²) < 4.78 is 34.1. The molecule has 0 heterocycles. The summed E-state index contributed by atoms with van der Waals surface area (Å²) in [6.07, 6.45) is -3.09. The Kier molecular flexibility index (Phi) is 2.07. The Morgan fingerprint density at radius 1 is 1.38 bits per heavy atom. The molecule has 0 aliphatic rings. The van der Waals surface area contributed by atoms with Gasteiger partial charge in [0.25, 0.3) is 0 Å². The smallest absolute Gasteiger partial charge is 0.167 e. The lowest BCUT2D eigenvalue weighted by Crippen LogP contribution is -2.07. The van der Waals surface area contributed by atoms with Crippen LogP contribution in [-0.2, 0) is 0 Å². The van der Waals surface area contributed by atoms with Crippen LogP contribution in [0.4, 0.5) is 13.2 Å². The second-order valence-electron chi connectivity index (χ2n) is 1.47. The summed E-state index contributed by atoms with van der Waals surface area (Å²) in [5.74, 6) is 0. The van der Waals surface area contributed by atoms with Crippen LogP contribution in [0.1, 0.15) is 13.8 Å². The van der Waals surface area contributed by atoms with Crippen molar-refractivity contribution >= 4 is 0 Å². The van der Waals surface area contributed by atoms with Crippen LogP contribution in [0.3, 0.4) is 0 Å². The van der Waals surface area contributed by atoms with Crippen LogP contribution < -0.4 is 0 Å². The lowest BCUT2D eigenvalue weighted by molar-refractivity contribution is -0.0914. The summed E-state index contributed by atoms with van der Waals surface area (Å²) >= 11 is 0. The fourth-order valence-electron chi connectivity index (χ4n) is 0.164. The molecule has 0 nitrogen and oxygen atoms in total. The van der Waals surface area contributed by atoms with Gasteiger partial charge in [0.1, 0.15) is 0 Å². The molecule has 0 aromatic carbocycles. The third-order valence-electron chi connectivity index (χ3n) is 0.880. The lowest BCUT2D eigenvalue weighted by atomic mass is 10.3. The van der Waals surface area contributed by atoms with E-state index >= 15 is 0 Å². The quantitative estimate of drug-likeness (QED) is 0.435. The molecule has 0 aliphatic heterocycles. The van der Waals surface area contributed by atoms with E-state index in [0.717, 1.165) is 13.0 Å². The Bertz CT molecular complexity index is 98.7. The van der Waals surface area contributed by atoms with Gasteiger partial charge in [-0.25, -0.2) is 0 Å². The minimum Gasteiger partial charge on any atom is -0.167 e. The minimum atomic E-state index is -4.13. The van der Waals surface area contributed by atoms with Crippen molar-refractivity contribution in [2.24, 2.45) is 0 Å². The van der Waals surface area contributed by atoms with Gasteiger partial charge < -0.3 is 0 Å². The highest BCUT2D eigenvalue weighted by Crippen LogP contribution is 2.23. The molecule has 0 spiro atoms. The molecule has 0 saturated heterocycles. The molecule has 0 N–H and O–H groups in total. The molecule has 48 valence electrons. The van der Waals surface area contributed by atoms with Crippen molar-refractivity contribution in [1.29, 1.82) is 0 Å². The van der Waals surface area contributed by atoms with E-state index in [1.807, 2.05) is 0 Å². The Balaban J connectivity index is 4.03. The van der Waals surface area contributed by atoms with Gasteiger partial charge in [0.2, 0.25) is 0 Å². The van der Waals surface area contributed by atoms with Crippen LogP contribution >= 0.6 is 0 Å². The first-order chi connectivity index (χ1) is 3.48. The maximum atomic E-state index is 11.4. The number of allylic oxidation sites excluding steroid dienone is 2. The van der Waals surface area contributed by atoms with Gasteiger partial charge in [0.15, 0.2) is 0 Å². The second-order valence-corrected chi connectivity index (χ2v) is 1.47. The summed E-state index contributed by atoms with van der Waals surface area (Å²) in [5.41, 5.74) is -0.544. The highest BCUT2D eigenvalue weighted by Gasteiger charge is 2.28.